The number of hydrogen-bond donors (Lipinski definition) is 1. The van der Waals surface area contributed by atoms with Crippen LogP contribution in [0.1, 0.15) is 44.8 Å². The van der Waals surface area contributed by atoms with Gasteiger partial charge in [0, 0.05) is 38.0 Å². The first-order valence-corrected chi connectivity index (χ1v) is 14.4. The van der Waals surface area contributed by atoms with Gasteiger partial charge in [-0.3, -0.25) is 9.79 Å². The monoisotopic (exact) mass is 519 g/mol. The molecule has 2 aliphatic heterocycles. The number of aliphatic imine (C=N–C) groups is 1. The average Bonchev–Trinajstić information content (AvgIpc) is 3.62. The summed E-state index contributed by atoms with van der Waals surface area (Å²) in [5.41, 5.74) is 7.82. The SMILES string of the molecule is CN1CCC(=C2c3ccccc3CC(=O)c3sccc32)CC1.c1ccc2c(CC3=NCCN3)cccc2c1. The van der Waals surface area contributed by atoms with E-state index in [1.165, 1.54) is 44.2 Å². The molecule has 0 atom stereocenters. The molecule has 192 valence electrons. The van der Waals surface area contributed by atoms with E-state index in [4.69, 9.17) is 0 Å². The summed E-state index contributed by atoms with van der Waals surface area (Å²) >= 11 is 1.59. The molecule has 1 aromatic heterocycles. The molecule has 0 unspecified atom stereocenters. The molecular formula is C33H33N3OS. The Bertz CT molecular complexity index is 1530. The van der Waals surface area contributed by atoms with Crippen molar-refractivity contribution in [1.29, 1.82) is 0 Å². The van der Waals surface area contributed by atoms with Gasteiger partial charge in [-0.1, -0.05) is 72.3 Å². The quantitative estimate of drug-likeness (QED) is 0.333. The van der Waals surface area contributed by atoms with Crippen LogP contribution in [0.4, 0.5) is 0 Å². The van der Waals surface area contributed by atoms with Crippen molar-refractivity contribution in [2.75, 3.05) is 33.2 Å². The number of benzene rings is 3. The highest BCUT2D eigenvalue weighted by molar-refractivity contribution is 7.12. The average molecular weight is 520 g/mol. The van der Waals surface area contributed by atoms with Crippen LogP contribution in [0, 0.1) is 0 Å². The molecule has 0 spiro atoms. The summed E-state index contributed by atoms with van der Waals surface area (Å²) in [5, 5.41) is 8.02. The molecule has 0 saturated carbocycles. The first-order valence-electron chi connectivity index (χ1n) is 13.5. The minimum absolute atomic E-state index is 0.265. The number of nitrogens with zero attached hydrogens (tertiary/aromatic N) is 2. The Morgan fingerprint density at radius 2 is 1.71 bits per heavy atom. The molecule has 5 heteroatoms. The first kappa shape index (κ1) is 24.8. The van der Waals surface area contributed by atoms with E-state index in [1.54, 1.807) is 11.3 Å². The fraction of sp³-hybridized carbons (Fsp3) is 0.273. The van der Waals surface area contributed by atoms with Crippen LogP contribution >= 0.6 is 11.3 Å². The van der Waals surface area contributed by atoms with Gasteiger partial charge in [-0.05, 0) is 64.4 Å². The van der Waals surface area contributed by atoms with Gasteiger partial charge < -0.3 is 10.2 Å². The van der Waals surface area contributed by atoms with Crippen molar-refractivity contribution in [3.05, 3.63) is 111 Å². The normalized spacial score (nSPS) is 17.2. The van der Waals surface area contributed by atoms with Crippen molar-refractivity contribution in [3.8, 4) is 0 Å². The number of hydrogen-bond acceptors (Lipinski definition) is 5. The maximum atomic E-state index is 12.6. The number of amidine groups is 1. The number of carbonyl (C=O) groups excluding carboxylic acids is 1. The Morgan fingerprint density at radius 1 is 0.921 bits per heavy atom. The highest BCUT2D eigenvalue weighted by Gasteiger charge is 2.27. The van der Waals surface area contributed by atoms with E-state index in [2.05, 4.69) is 94.4 Å². The van der Waals surface area contributed by atoms with E-state index >= 15 is 0 Å². The van der Waals surface area contributed by atoms with Crippen molar-refractivity contribution in [3.63, 3.8) is 0 Å². The van der Waals surface area contributed by atoms with Gasteiger partial charge in [-0.15, -0.1) is 11.3 Å². The van der Waals surface area contributed by atoms with Crippen LogP contribution < -0.4 is 5.32 Å². The largest absolute Gasteiger partial charge is 0.372 e. The number of thiophene rings is 1. The van der Waals surface area contributed by atoms with Gasteiger partial charge in [-0.25, -0.2) is 0 Å². The van der Waals surface area contributed by atoms with E-state index in [0.29, 0.717) is 6.42 Å². The van der Waals surface area contributed by atoms with Crippen LogP contribution in [-0.4, -0.2) is 49.7 Å². The lowest BCUT2D eigenvalue weighted by molar-refractivity contribution is 0.0997. The minimum Gasteiger partial charge on any atom is -0.372 e. The second-order valence-electron chi connectivity index (χ2n) is 10.3. The molecule has 7 rings (SSSR count). The van der Waals surface area contributed by atoms with Gasteiger partial charge in [-0.2, -0.15) is 0 Å². The van der Waals surface area contributed by atoms with Crippen LogP contribution in [0.3, 0.4) is 0 Å². The van der Waals surface area contributed by atoms with Gasteiger partial charge >= 0.3 is 0 Å². The number of carbonyl (C=O) groups is 1. The molecule has 3 aromatic carbocycles. The lowest BCUT2D eigenvalue weighted by atomic mass is 9.88. The molecule has 4 aromatic rings. The van der Waals surface area contributed by atoms with Crippen LogP contribution in [0.25, 0.3) is 16.3 Å². The minimum atomic E-state index is 0.265. The molecule has 0 bridgehead atoms. The zero-order chi connectivity index (χ0) is 25.9. The summed E-state index contributed by atoms with van der Waals surface area (Å²) in [5.74, 6) is 1.39. The Balaban J connectivity index is 0.000000146. The summed E-state index contributed by atoms with van der Waals surface area (Å²) < 4.78 is 0. The topological polar surface area (TPSA) is 44.7 Å². The van der Waals surface area contributed by atoms with Gasteiger partial charge in [0.1, 0.15) is 5.84 Å². The molecule has 0 radical (unpaired) electrons. The Hall–Kier alpha value is -3.54. The van der Waals surface area contributed by atoms with E-state index < -0.39 is 0 Å². The third-order valence-electron chi connectivity index (χ3n) is 7.75. The molecule has 1 fully saturated rings. The summed E-state index contributed by atoms with van der Waals surface area (Å²) in [7, 11) is 2.18. The molecule has 1 N–H and O–H groups in total. The van der Waals surface area contributed by atoms with Gasteiger partial charge in [0.15, 0.2) is 5.78 Å². The number of rotatable bonds is 2. The van der Waals surface area contributed by atoms with Crippen LogP contribution in [0.15, 0.2) is 88.7 Å². The van der Waals surface area contributed by atoms with E-state index in [-0.39, 0.29) is 5.78 Å². The van der Waals surface area contributed by atoms with Crippen LogP contribution in [-0.2, 0) is 12.8 Å². The third kappa shape index (κ3) is 5.09. The lowest BCUT2D eigenvalue weighted by Gasteiger charge is -2.27. The molecule has 3 heterocycles. The number of fused-ring (bicyclic) bond motifs is 3. The standard InChI is InChI=1S/C19H19NOS.C14H14N2/c1-20-9-6-13(7-10-20)18-15-5-3-2-4-14(15)12-17(21)19-16(18)8-11-22-19;1-2-7-13-11(4-1)5-3-6-12(13)10-14-15-8-9-16-14/h2-5,8,11H,6-7,9-10,12H2,1H3;1-7H,8-10H2,(H,15,16). The zero-order valence-corrected chi connectivity index (χ0v) is 22.7. The molecule has 1 aliphatic carbocycles. The predicted octanol–water partition coefficient (Wildman–Crippen LogP) is 6.40. The predicted molar refractivity (Wildman–Crippen MR) is 160 cm³/mol. The Labute approximate surface area is 228 Å². The third-order valence-corrected chi connectivity index (χ3v) is 8.71. The van der Waals surface area contributed by atoms with Gasteiger partial charge in [0.25, 0.3) is 0 Å². The highest BCUT2D eigenvalue weighted by atomic mass is 32.1. The van der Waals surface area contributed by atoms with Crippen molar-refractivity contribution < 1.29 is 4.79 Å². The Morgan fingerprint density at radius 3 is 2.55 bits per heavy atom. The van der Waals surface area contributed by atoms with E-state index in [1.807, 2.05) is 6.07 Å². The molecule has 1 saturated heterocycles. The van der Waals surface area contributed by atoms with E-state index in [9.17, 15) is 4.79 Å². The fourth-order valence-electron chi connectivity index (χ4n) is 5.75. The lowest BCUT2D eigenvalue weighted by Crippen LogP contribution is -2.27. The summed E-state index contributed by atoms with van der Waals surface area (Å²) in [6.07, 6.45) is 3.65. The Kier molecular flexibility index (Phi) is 7.21. The second-order valence-corrected chi connectivity index (χ2v) is 11.2. The first-order chi connectivity index (χ1) is 18.7. The van der Waals surface area contributed by atoms with E-state index in [0.717, 1.165) is 56.2 Å². The highest BCUT2D eigenvalue weighted by Crippen LogP contribution is 2.40. The number of Topliss-reactive ketones (excluding diaryl/α,β-unsaturated/α-hetero) is 1. The molecule has 4 nitrogen and oxygen atoms in total. The van der Waals surface area contributed by atoms with Gasteiger partial charge in [0.2, 0.25) is 0 Å². The molecule has 0 amide bonds. The smallest absolute Gasteiger partial charge is 0.177 e. The maximum Gasteiger partial charge on any atom is 0.177 e. The van der Waals surface area contributed by atoms with Crippen LogP contribution in [0.5, 0.6) is 0 Å². The van der Waals surface area contributed by atoms with Crippen molar-refractivity contribution in [1.82, 2.24) is 10.2 Å². The summed E-state index contributed by atoms with van der Waals surface area (Å²) in [4.78, 5) is 20.4. The molecular weight excluding hydrogens is 486 g/mol. The number of piperidine rings is 1. The van der Waals surface area contributed by atoms with Crippen LogP contribution in [0.2, 0.25) is 0 Å². The second kappa shape index (κ2) is 11.1. The van der Waals surface area contributed by atoms with Crippen molar-refractivity contribution >= 4 is 39.3 Å². The molecule has 3 aliphatic rings. The number of nitrogens with one attached hydrogen (secondary N) is 1. The fourth-order valence-corrected chi connectivity index (χ4v) is 6.59. The summed E-state index contributed by atoms with van der Waals surface area (Å²) in [6, 6.07) is 25.5. The number of likely N-dealkylation sites (tertiary alicyclic amines) is 1. The van der Waals surface area contributed by atoms with Crippen molar-refractivity contribution in [2.24, 2.45) is 4.99 Å². The zero-order valence-electron chi connectivity index (χ0n) is 21.9. The number of ketones is 1. The van der Waals surface area contributed by atoms with Crippen molar-refractivity contribution in [2.45, 2.75) is 25.7 Å². The maximum absolute atomic E-state index is 12.6. The summed E-state index contributed by atoms with van der Waals surface area (Å²) in [6.45, 7) is 4.11. The van der Waals surface area contributed by atoms with Gasteiger partial charge in [0.05, 0.1) is 11.4 Å². The molecule has 38 heavy (non-hydrogen) atoms.